The van der Waals surface area contributed by atoms with E-state index in [1.807, 2.05) is 12.1 Å². The van der Waals surface area contributed by atoms with Gasteiger partial charge >= 0.3 is 0 Å². The van der Waals surface area contributed by atoms with Gasteiger partial charge in [-0.3, -0.25) is 0 Å². The van der Waals surface area contributed by atoms with Crippen molar-refractivity contribution in [3.63, 3.8) is 0 Å². The van der Waals surface area contributed by atoms with Crippen LogP contribution in [-0.4, -0.2) is 64.5 Å². The molecule has 22 heavy (non-hydrogen) atoms. The molecule has 1 saturated heterocycles. The van der Waals surface area contributed by atoms with Crippen LogP contribution in [0.2, 0.25) is 0 Å². The average molecular weight is 327 g/mol. The number of hydrogen-bond donors (Lipinski definition) is 1. The Hall–Kier alpha value is -1.15. The zero-order valence-corrected chi connectivity index (χ0v) is 14.1. The van der Waals surface area contributed by atoms with Gasteiger partial charge in [0.15, 0.2) is 0 Å². The molecule has 0 aliphatic carbocycles. The molecule has 0 radical (unpaired) electrons. The number of nitrogens with zero attached hydrogens (tertiary/aromatic N) is 2. The van der Waals surface area contributed by atoms with Crippen molar-refractivity contribution >= 4 is 10.2 Å². The molecule has 1 aromatic carbocycles. The molecule has 0 atom stereocenters. The topological polar surface area (TPSA) is 61.9 Å². The molecule has 124 valence electrons. The van der Waals surface area contributed by atoms with Crippen LogP contribution in [0.1, 0.15) is 12.0 Å². The van der Waals surface area contributed by atoms with Gasteiger partial charge in [0.05, 0.1) is 7.11 Å². The van der Waals surface area contributed by atoms with Crippen LogP contribution >= 0.6 is 0 Å². The smallest absolute Gasteiger partial charge is 0.279 e. The number of piperazine rings is 1. The van der Waals surface area contributed by atoms with Crippen LogP contribution in [0.15, 0.2) is 24.3 Å². The standard InChI is InChI=1S/C15H25N3O3S/c1-16-22(19,20)18-11-9-17(10-12-18)8-4-6-14-5-3-7-15(13-14)21-2/h3,5,7,13,16H,4,6,8-12H2,1-2H3. The van der Waals surface area contributed by atoms with Crippen LogP contribution in [0.3, 0.4) is 0 Å². The fraction of sp³-hybridized carbons (Fsp3) is 0.600. The van der Waals surface area contributed by atoms with E-state index in [-0.39, 0.29) is 0 Å². The summed E-state index contributed by atoms with van der Waals surface area (Å²) in [6.45, 7) is 3.69. The third-order valence-corrected chi connectivity index (χ3v) is 5.56. The minimum absolute atomic E-state index is 0.558. The van der Waals surface area contributed by atoms with Crippen molar-refractivity contribution in [2.45, 2.75) is 12.8 Å². The van der Waals surface area contributed by atoms with Gasteiger partial charge in [0, 0.05) is 33.2 Å². The van der Waals surface area contributed by atoms with Crippen LogP contribution in [0.25, 0.3) is 0 Å². The molecule has 0 aromatic heterocycles. The van der Waals surface area contributed by atoms with Crippen molar-refractivity contribution < 1.29 is 13.2 Å². The van der Waals surface area contributed by atoms with Gasteiger partial charge in [-0.25, -0.2) is 4.72 Å². The van der Waals surface area contributed by atoms with E-state index in [9.17, 15) is 8.42 Å². The van der Waals surface area contributed by atoms with Crippen LogP contribution in [0.4, 0.5) is 0 Å². The van der Waals surface area contributed by atoms with Gasteiger partial charge in [-0.1, -0.05) is 12.1 Å². The quantitative estimate of drug-likeness (QED) is 0.801. The van der Waals surface area contributed by atoms with Gasteiger partial charge in [-0.15, -0.1) is 0 Å². The number of ether oxygens (including phenoxy) is 1. The van der Waals surface area contributed by atoms with E-state index in [4.69, 9.17) is 4.74 Å². The van der Waals surface area contributed by atoms with Crippen molar-refractivity contribution in [2.75, 3.05) is 46.9 Å². The molecule has 0 saturated carbocycles. The molecule has 0 spiro atoms. The van der Waals surface area contributed by atoms with Crippen molar-refractivity contribution in [2.24, 2.45) is 0 Å². The van der Waals surface area contributed by atoms with E-state index in [0.717, 1.165) is 38.2 Å². The molecule has 0 bridgehead atoms. The van der Waals surface area contributed by atoms with Crippen molar-refractivity contribution in [3.05, 3.63) is 29.8 Å². The summed E-state index contributed by atoms with van der Waals surface area (Å²) < 4.78 is 32.5. The Morgan fingerprint density at radius 1 is 1.23 bits per heavy atom. The van der Waals surface area contributed by atoms with E-state index < -0.39 is 10.2 Å². The Morgan fingerprint density at radius 3 is 2.59 bits per heavy atom. The third kappa shape index (κ3) is 4.67. The summed E-state index contributed by atoms with van der Waals surface area (Å²) in [5.74, 6) is 0.892. The molecule has 1 N–H and O–H groups in total. The fourth-order valence-corrected chi connectivity index (χ4v) is 3.56. The molecule has 0 amide bonds. The Morgan fingerprint density at radius 2 is 1.95 bits per heavy atom. The van der Waals surface area contributed by atoms with Crippen LogP contribution in [0.5, 0.6) is 5.75 Å². The number of hydrogen-bond acceptors (Lipinski definition) is 4. The van der Waals surface area contributed by atoms with Crippen LogP contribution < -0.4 is 9.46 Å². The summed E-state index contributed by atoms with van der Waals surface area (Å²) in [4.78, 5) is 2.32. The average Bonchev–Trinajstić information content (AvgIpc) is 2.55. The predicted molar refractivity (Wildman–Crippen MR) is 87.3 cm³/mol. The van der Waals surface area contributed by atoms with Gasteiger partial charge in [0.25, 0.3) is 10.2 Å². The monoisotopic (exact) mass is 327 g/mol. The molecule has 7 heteroatoms. The van der Waals surface area contributed by atoms with Crippen LogP contribution in [0, 0.1) is 0 Å². The van der Waals surface area contributed by atoms with Gasteiger partial charge < -0.3 is 9.64 Å². The van der Waals surface area contributed by atoms with E-state index in [0.29, 0.717) is 13.1 Å². The van der Waals surface area contributed by atoms with Crippen molar-refractivity contribution in [3.8, 4) is 5.75 Å². The lowest BCUT2D eigenvalue weighted by molar-refractivity contribution is 0.186. The molecule has 6 nitrogen and oxygen atoms in total. The molecular weight excluding hydrogens is 302 g/mol. The summed E-state index contributed by atoms with van der Waals surface area (Å²) in [5, 5.41) is 0. The maximum atomic E-state index is 11.7. The normalized spacial score (nSPS) is 17.5. The molecule has 1 heterocycles. The SMILES string of the molecule is CNS(=O)(=O)N1CCN(CCCc2cccc(OC)c2)CC1. The Labute approximate surface area is 133 Å². The summed E-state index contributed by atoms with van der Waals surface area (Å²) in [6, 6.07) is 8.14. The highest BCUT2D eigenvalue weighted by Gasteiger charge is 2.25. The highest BCUT2D eigenvalue weighted by atomic mass is 32.2. The Balaban J connectivity index is 1.73. The molecule has 1 fully saturated rings. The first-order valence-corrected chi connectivity index (χ1v) is 9.03. The van der Waals surface area contributed by atoms with Gasteiger partial charge in [-0.2, -0.15) is 12.7 Å². The van der Waals surface area contributed by atoms with E-state index in [1.54, 1.807) is 7.11 Å². The minimum Gasteiger partial charge on any atom is -0.497 e. The molecule has 1 aliphatic heterocycles. The lowest BCUT2D eigenvalue weighted by Crippen LogP contribution is -2.51. The number of nitrogens with one attached hydrogen (secondary N) is 1. The maximum Gasteiger partial charge on any atom is 0.279 e. The van der Waals surface area contributed by atoms with Gasteiger partial charge in [-0.05, 0) is 37.1 Å². The summed E-state index contributed by atoms with van der Waals surface area (Å²) >= 11 is 0. The lowest BCUT2D eigenvalue weighted by atomic mass is 10.1. The molecule has 2 rings (SSSR count). The largest absolute Gasteiger partial charge is 0.497 e. The summed E-state index contributed by atoms with van der Waals surface area (Å²) in [5.41, 5.74) is 1.27. The third-order valence-electron chi connectivity index (χ3n) is 4.00. The van der Waals surface area contributed by atoms with Gasteiger partial charge in [0.2, 0.25) is 0 Å². The summed E-state index contributed by atoms with van der Waals surface area (Å²) in [7, 11) is -0.141. The molecule has 1 aromatic rings. The highest BCUT2D eigenvalue weighted by molar-refractivity contribution is 7.87. The molecule has 0 unspecified atom stereocenters. The second-order valence-corrected chi connectivity index (χ2v) is 7.28. The summed E-state index contributed by atoms with van der Waals surface area (Å²) in [6.07, 6.45) is 2.07. The second-order valence-electron chi connectivity index (χ2n) is 5.40. The molecule has 1 aliphatic rings. The number of methoxy groups -OCH3 is 1. The first-order chi connectivity index (χ1) is 10.5. The first kappa shape index (κ1) is 17.2. The molecular formula is C15H25N3O3S. The second kappa shape index (κ2) is 7.92. The lowest BCUT2D eigenvalue weighted by Gasteiger charge is -2.33. The Bertz CT molecular complexity index is 569. The maximum absolute atomic E-state index is 11.7. The van der Waals surface area contributed by atoms with Crippen molar-refractivity contribution in [1.29, 1.82) is 0 Å². The Kier molecular flexibility index (Phi) is 6.19. The van der Waals surface area contributed by atoms with Gasteiger partial charge in [0.1, 0.15) is 5.75 Å². The van der Waals surface area contributed by atoms with E-state index in [2.05, 4.69) is 21.8 Å². The zero-order chi connectivity index (χ0) is 16.0. The number of rotatable bonds is 7. The number of aryl methyl sites for hydroxylation is 1. The van der Waals surface area contributed by atoms with Crippen LogP contribution in [-0.2, 0) is 16.6 Å². The fourth-order valence-electron chi connectivity index (χ4n) is 2.66. The van der Waals surface area contributed by atoms with E-state index in [1.165, 1.54) is 16.9 Å². The first-order valence-electron chi connectivity index (χ1n) is 7.59. The predicted octanol–water partition coefficient (Wildman–Crippen LogP) is 0.710. The van der Waals surface area contributed by atoms with Crippen molar-refractivity contribution in [1.82, 2.24) is 13.9 Å². The highest BCUT2D eigenvalue weighted by Crippen LogP contribution is 2.14. The number of benzene rings is 1. The zero-order valence-electron chi connectivity index (χ0n) is 13.3. The van der Waals surface area contributed by atoms with E-state index >= 15 is 0 Å². The minimum atomic E-state index is -3.27.